The number of halogens is 3. The summed E-state index contributed by atoms with van der Waals surface area (Å²) < 4.78 is 42.1. The zero-order valence-electron chi connectivity index (χ0n) is 13.8. The Morgan fingerprint density at radius 3 is 2.24 bits per heavy atom. The molecule has 0 atom stereocenters. The van der Waals surface area contributed by atoms with E-state index >= 15 is 0 Å². The standard InChI is InChI=1S/C17H16ClF2NO4/c1-23-8-9-4-15(24-2)16(25-3)7-14(9)21-17(22)10-5-12(19)13(20)6-11(10)18/h4-7H,8H2,1-3H3,(H,21,22). The molecule has 0 radical (unpaired) electrons. The van der Waals surface area contributed by atoms with Crippen LogP contribution >= 0.6 is 11.6 Å². The van der Waals surface area contributed by atoms with Crippen molar-refractivity contribution in [2.24, 2.45) is 0 Å². The van der Waals surface area contributed by atoms with E-state index in [2.05, 4.69) is 5.32 Å². The van der Waals surface area contributed by atoms with Gasteiger partial charge in [0.25, 0.3) is 5.91 Å². The van der Waals surface area contributed by atoms with E-state index in [1.54, 1.807) is 12.1 Å². The molecule has 2 aromatic carbocycles. The van der Waals surface area contributed by atoms with Crippen molar-refractivity contribution in [1.82, 2.24) is 0 Å². The van der Waals surface area contributed by atoms with Gasteiger partial charge in [-0.15, -0.1) is 0 Å². The first-order valence-electron chi connectivity index (χ1n) is 7.11. The van der Waals surface area contributed by atoms with Gasteiger partial charge in [-0.2, -0.15) is 0 Å². The smallest absolute Gasteiger partial charge is 0.257 e. The van der Waals surface area contributed by atoms with Gasteiger partial charge < -0.3 is 19.5 Å². The molecule has 134 valence electrons. The molecule has 25 heavy (non-hydrogen) atoms. The van der Waals surface area contributed by atoms with Crippen LogP contribution in [0.3, 0.4) is 0 Å². The fourth-order valence-corrected chi connectivity index (χ4v) is 2.43. The summed E-state index contributed by atoms with van der Waals surface area (Å²) >= 11 is 5.83. The lowest BCUT2D eigenvalue weighted by Crippen LogP contribution is -2.15. The predicted molar refractivity (Wildman–Crippen MR) is 89.6 cm³/mol. The molecule has 0 aliphatic rings. The number of carbonyl (C=O) groups is 1. The Kier molecular flexibility index (Phi) is 6.17. The summed E-state index contributed by atoms with van der Waals surface area (Å²) in [5.74, 6) is -2.16. The minimum Gasteiger partial charge on any atom is -0.493 e. The minimum atomic E-state index is -1.17. The number of benzene rings is 2. The van der Waals surface area contributed by atoms with E-state index < -0.39 is 17.5 Å². The van der Waals surface area contributed by atoms with Gasteiger partial charge in [-0.3, -0.25) is 4.79 Å². The third-order valence-corrected chi connectivity index (χ3v) is 3.72. The number of methoxy groups -OCH3 is 3. The summed E-state index contributed by atoms with van der Waals surface area (Å²) in [6.07, 6.45) is 0. The quantitative estimate of drug-likeness (QED) is 0.779. The Morgan fingerprint density at radius 2 is 1.64 bits per heavy atom. The van der Waals surface area contributed by atoms with Crippen LogP contribution in [0.2, 0.25) is 5.02 Å². The lowest BCUT2D eigenvalue weighted by Gasteiger charge is -2.16. The minimum absolute atomic E-state index is 0.182. The van der Waals surface area contributed by atoms with Gasteiger partial charge in [-0.25, -0.2) is 8.78 Å². The van der Waals surface area contributed by atoms with E-state index in [1.165, 1.54) is 21.3 Å². The highest BCUT2D eigenvalue weighted by Gasteiger charge is 2.18. The van der Waals surface area contributed by atoms with Crippen LogP contribution in [0.1, 0.15) is 15.9 Å². The number of ether oxygens (including phenoxy) is 3. The molecule has 0 heterocycles. The molecule has 0 spiro atoms. The van der Waals surface area contributed by atoms with E-state index in [9.17, 15) is 13.6 Å². The Bertz CT molecular complexity index is 799. The summed E-state index contributed by atoms with van der Waals surface area (Å²) in [7, 11) is 4.42. The molecule has 0 unspecified atom stereocenters. The molecule has 2 aromatic rings. The molecule has 0 saturated carbocycles. The normalized spacial score (nSPS) is 10.5. The predicted octanol–water partition coefficient (Wildman–Crippen LogP) is 4.03. The average Bonchev–Trinajstić information content (AvgIpc) is 2.59. The largest absolute Gasteiger partial charge is 0.493 e. The van der Waals surface area contributed by atoms with Crippen molar-refractivity contribution in [1.29, 1.82) is 0 Å². The van der Waals surface area contributed by atoms with E-state index in [4.69, 9.17) is 25.8 Å². The molecule has 2 rings (SSSR count). The summed E-state index contributed by atoms with van der Waals surface area (Å²) in [5, 5.41) is 2.39. The Balaban J connectivity index is 2.41. The molecule has 0 aliphatic carbocycles. The first kappa shape index (κ1) is 19.0. The van der Waals surface area contributed by atoms with Crippen molar-refractivity contribution < 1.29 is 27.8 Å². The van der Waals surface area contributed by atoms with Crippen molar-refractivity contribution in [2.75, 3.05) is 26.6 Å². The Hall–Kier alpha value is -2.38. The van der Waals surface area contributed by atoms with Crippen LogP contribution in [0.25, 0.3) is 0 Å². The number of nitrogens with one attached hydrogen (secondary N) is 1. The van der Waals surface area contributed by atoms with Crippen molar-refractivity contribution in [3.63, 3.8) is 0 Å². The van der Waals surface area contributed by atoms with Crippen LogP contribution in [0, 0.1) is 11.6 Å². The van der Waals surface area contributed by atoms with Gasteiger partial charge in [-0.05, 0) is 18.2 Å². The second-order valence-corrected chi connectivity index (χ2v) is 5.40. The summed E-state index contributed by atoms with van der Waals surface area (Å²) in [6, 6.07) is 4.67. The molecule has 1 N–H and O–H groups in total. The van der Waals surface area contributed by atoms with Gasteiger partial charge in [0.15, 0.2) is 23.1 Å². The van der Waals surface area contributed by atoms with E-state index in [1.807, 2.05) is 0 Å². The van der Waals surface area contributed by atoms with Crippen molar-refractivity contribution in [3.05, 3.63) is 52.0 Å². The number of anilines is 1. The summed E-state index contributed by atoms with van der Waals surface area (Å²) in [5.41, 5.74) is 0.774. The summed E-state index contributed by atoms with van der Waals surface area (Å²) in [4.78, 5) is 12.4. The van der Waals surface area contributed by atoms with E-state index in [0.717, 1.165) is 12.1 Å². The van der Waals surface area contributed by atoms with Crippen molar-refractivity contribution in [3.8, 4) is 11.5 Å². The number of amides is 1. The topological polar surface area (TPSA) is 56.8 Å². The lowest BCUT2D eigenvalue weighted by molar-refractivity contribution is 0.102. The van der Waals surface area contributed by atoms with Gasteiger partial charge in [-0.1, -0.05) is 11.6 Å². The average molecular weight is 372 g/mol. The SMILES string of the molecule is COCc1cc(OC)c(OC)cc1NC(=O)c1cc(F)c(F)cc1Cl. The Labute approximate surface area is 148 Å². The van der Waals surface area contributed by atoms with Crippen molar-refractivity contribution in [2.45, 2.75) is 6.61 Å². The molecule has 0 fully saturated rings. The number of carbonyl (C=O) groups excluding carboxylic acids is 1. The van der Waals surface area contributed by atoms with Gasteiger partial charge in [0, 0.05) is 18.7 Å². The molecule has 0 aromatic heterocycles. The molecule has 0 aliphatic heterocycles. The highest BCUT2D eigenvalue weighted by molar-refractivity contribution is 6.34. The van der Waals surface area contributed by atoms with E-state index in [-0.39, 0.29) is 17.2 Å². The highest BCUT2D eigenvalue weighted by Crippen LogP contribution is 2.34. The van der Waals surface area contributed by atoms with Crippen LogP contribution in [0.15, 0.2) is 24.3 Å². The van der Waals surface area contributed by atoms with Crippen LogP contribution in [-0.2, 0) is 11.3 Å². The van der Waals surface area contributed by atoms with Crippen molar-refractivity contribution >= 4 is 23.2 Å². The first-order chi connectivity index (χ1) is 11.9. The monoisotopic (exact) mass is 371 g/mol. The second-order valence-electron chi connectivity index (χ2n) is 5.00. The van der Waals surface area contributed by atoms with Gasteiger partial charge in [0.2, 0.25) is 0 Å². The van der Waals surface area contributed by atoms with Crippen LogP contribution in [0.4, 0.5) is 14.5 Å². The fraction of sp³-hybridized carbons (Fsp3) is 0.235. The van der Waals surface area contributed by atoms with E-state index in [0.29, 0.717) is 22.7 Å². The fourth-order valence-electron chi connectivity index (χ4n) is 2.20. The molecule has 5 nitrogen and oxygen atoms in total. The van der Waals surface area contributed by atoms with Crippen LogP contribution in [0.5, 0.6) is 11.5 Å². The molecular weight excluding hydrogens is 356 g/mol. The second kappa shape index (κ2) is 8.13. The molecule has 0 saturated heterocycles. The zero-order chi connectivity index (χ0) is 18.6. The van der Waals surface area contributed by atoms with Gasteiger partial charge in [0.1, 0.15) is 0 Å². The lowest BCUT2D eigenvalue weighted by atomic mass is 10.1. The highest BCUT2D eigenvalue weighted by atomic mass is 35.5. The number of hydrogen-bond donors (Lipinski definition) is 1. The molecule has 0 bridgehead atoms. The maximum absolute atomic E-state index is 13.4. The maximum atomic E-state index is 13.4. The summed E-state index contributed by atoms with van der Waals surface area (Å²) in [6.45, 7) is 0.182. The zero-order valence-corrected chi connectivity index (χ0v) is 14.5. The molecule has 1 amide bonds. The van der Waals surface area contributed by atoms with Gasteiger partial charge in [0.05, 0.1) is 37.1 Å². The third kappa shape index (κ3) is 4.18. The Morgan fingerprint density at radius 1 is 1.04 bits per heavy atom. The molecule has 8 heteroatoms. The maximum Gasteiger partial charge on any atom is 0.257 e. The molecular formula is C17H16ClF2NO4. The first-order valence-corrected chi connectivity index (χ1v) is 7.48. The number of hydrogen-bond acceptors (Lipinski definition) is 4. The van der Waals surface area contributed by atoms with Crippen LogP contribution in [-0.4, -0.2) is 27.2 Å². The van der Waals surface area contributed by atoms with Crippen LogP contribution < -0.4 is 14.8 Å². The third-order valence-electron chi connectivity index (χ3n) is 3.41. The number of rotatable bonds is 6. The van der Waals surface area contributed by atoms with Gasteiger partial charge >= 0.3 is 0 Å².